The highest BCUT2D eigenvalue weighted by atomic mass is 16.1. The van der Waals surface area contributed by atoms with E-state index in [0.717, 1.165) is 11.8 Å². The molecule has 3 rings (SSSR count). The second kappa shape index (κ2) is 3.00. The molecule has 0 aromatic heterocycles. The molecule has 0 aromatic carbocycles. The number of hydrogen-bond donors (Lipinski definition) is 0. The predicted molar refractivity (Wildman–Crippen MR) is 64.9 cm³/mol. The van der Waals surface area contributed by atoms with Crippen molar-refractivity contribution in [1.82, 2.24) is 0 Å². The summed E-state index contributed by atoms with van der Waals surface area (Å²) in [6.07, 6.45) is 4.52. The fraction of sp³-hybridized carbons (Fsp3) is 0.800. The first-order valence-corrected chi connectivity index (χ1v) is 6.73. The Kier molecular flexibility index (Phi) is 1.98. The molecule has 2 unspecified atom stereocenters. The molecule has 88 valence electrons. The minimum Gasteiger partial charge on any atom is -0.294 e. The fourth-order valence-electron chi connectivity index (χ4n) is 4.92. The van der Waals surface area contributed by atoms with Crippen molar-refractivity contribution in [3.63, 3.8) is 0 Å². The van der Waals surface area contributed by atoms with E-state index < -0.39 is 0 Å². The van der Waals surface area contributed by atoms with Crippen LogP contribution in [-0.2, 0) is 4.79 Å². The van der Waals surface area contributed by atoms with Crippen molar-refractivity contribution in [2.24, 2.45) is 35.0 Å². The lowest BCUT2D eigenvalue weighted by Gasteiger charge is -2.34. The van der Waals surface area contributed by atoms with Gasteiger partial charge in [-0.1, -0.05) is 26.3 Å². The van der Waals surface area contributed by atoms with Crippen molar-refractivity contribution in [3.05, 3.63) is 11.6 Å². The van der Waals surface area contributed by atoms with Crippen LogP contribution in [0.5, 0.6) is 0 Å². The van der Waals surface area contributed by atoms with Crippen LogP contribution in [0, 0.1) is 35.0 Å². The van der Waals surface area contributed by atoms with Crippen LogP contribution in [0.2, 0.25) is 0 Å². The molecule has 1 heteroatoms. The molecule has 5 atom stereocenters. The van der Waals surface area contributed by atoms with Crippen LogP contribution in [0.3, 0.4) is 0 Å². The fourth-order valence-corrected chi connectivity index (χ4v) is 4.92. The molecule has 2 fully saturated rings. The maximum atomic E-state index is 12.3. The lowest BCUT2D eigenvalue weighted by molar-refractivity contribution is -0.122. The molecule has 2 saturated carbocycles. The zero-order chi connectivity index (χ0) is 11.7. The normalized spacial score (nSPS) is 50.1. The summed E-state index contributed by atoms with van der Waals surface area (Å²) in [6.45, 7) is 9.12. The Balaban J connectivity index is 2.00. The predicted octanol–water partition coefficient (Wildman–Crippen LogP) is 3.45. The van der Waals surface area contributed by atoms with Crippen molar-refractivity contribution in [2.75, 3.05) is 0 Å². The third-order valence-corrected chi connectivity index (χ3v) is 5.66. The van der Waals surface area contributed by atoms with E-state index in [0.29, 0.717) is 23.5 Å². The Hall–Kier alpha value is -0.590. The average molecular weight is 218 g/mol. The summed E-state index contributed by atoms with van der Waals surface area (Å²) in [5.41, 5.74) is 1.44. The van der Waals surface area contributed by atoms with Gasteiger partial charge in [0.1, 0.15) is 0 Å². The molecule has 0 saturated heterocycles. The highest BCUT2D eigenvalue weighted by Crippen LogP contribution is 2.76. The molecule has 1 nitrogen and oxygen atoms in total. The first-order valence-electron chi connectivity index (χ1n) is 6.73. The maximum Gasteiger partial charge on any atom is 0.162 e. The number of ketones is 1. The summed E-state index contributed by atoms with van der Waals surface area (Å²) in [7, 11) is 0. The Labute approximate surface area is 98.3 Å². The van der Waals surface area contributed by atoms with Crippen LogP contribution < -0.4 is 0 Å². The van der Waals surface area contributed by atoms with E-state index in [9.17, 15) is 4.79 Å². The highest BCUT2D eigenvalue weighted by molar-refractivity contribution is 6.03. The first-order chi connectivity index (χ1) is 7.51. The van der Waals surface area contributed by atoms with Crippen LogP contribution in [0.15, 0.2) is 11.6 Å². The van der Waals surface area contributed by atoms with Crippen LogP contribution in [0.25, 0.3) is 0 Å². The number of allylic oxidation sites excluding steroid dienone is 2. The summed E-state index contributed by atoms with van der Waals surface area (Å²) in [5, 5.41) is 0. The Morgan fingerprint density at radius 2 is 2.06 bits per heavy atom. The van der Waals surface area contributed by atoms with Gasteiger partial charge in [-0.15, -0.1) is 0 Å². The smallest absolute Gasteiger partial charge is 0.162 e. The van der Waals surface area contributed by atoms with Crippen molar-refractivity contribution < 1.29 is 4.79 Å². The molecule has 0 N–H and O–H groups in total. The van der Waals surface area contributed by atoms with Crippen LogP contribution >= 0.6 is 0 Å². The van der Waals surface area contributed by atoms with Gasteiger partial charge in [-0.25, -0.2) is 0 Å². The quantitative estimate of drug-likeness (QED) is 0.659. The Bertz CT molecular complexity index is 379. The molecule has 0 heterocycles. The number of hydrogen-bond acceptors (Lipinski definition) is 1. The molecular weight excluding hydrogens is 196 g/mol. The summed E-state index contributed by atoms with van der Waals surface area (Å²) >= 11 is 0. The van der Waals surface area contributed by atoms with Gasteiger partial charge in [0.15, 0.2) is 5.78 Å². The summed E-state index contributed by atoms with van der Waals surface area (Å²) < 4.78 is 0. The van der Waals surface area contributed by atoms with E-state index in [2.05, 4.69) is 27.7 Å². The van der Waals surface area contributed by atoms with Gasteiger partial charge < -0.3 is 0 Å². The second-order valence-electron chi connectivity index (χ2n) is 6.58. The number of fused-ring (bicyclic) bond motifs is 1. The van der Waals surface area contributed by atoms with Gasteiger partial charge in [0.2, 0.25) is 0 Å². The molecule has 0 radical (unpaired) electrons. The van der Waals surface area contributed by atoms with Gasteiger partial charge in [-0.2, -0.15) is 0 Å². The minimum absolute atomic E-state index is 0.0667. The molecule has 0 amide bonds. The van der Waals surface area contributed by atoms with E-state index in [-0.39, 0.29) is 5.41 Å². The standard InChI is InChI=1S/C15H22O/c1-8(2)11-6-5-10(4)15-12(16)7-9(3)13(15)14(11)15/h7-8,10-11,13-14H,5-6H2,1-4H3/t10-,11+,13-,14?,15?/m0/s1. The first kappa shape index (κ1) is 10.6. The third kappa shape index (κ3) is 0.959. The number of carbonyl (C=O) groups excluding carboxylic acids is 1. The highest BCUT2D eigenvalue weighted by Gasteiger charge is 2.76. The zero-order valence-corrected chi connectivity index (χ0v) is 10.8. The van der Waals surface area contributed by atoms with Crippen LogP contribution in [-0.4, -0.2) is 5.78 Å². The molecular formula is C15H22O. The van der Waals surface area contributed by atoms with Crippen molar-refractivity contribution in [2.45, 2.75) is 40.5 Å². The molecule has 1 spiro atoms. The SMILES string of the molecule is CC1=CC(=O)C23C([C@@H](C(C)C)CC[C@@H]2C)[C@H]13. The maximum absolute atomic E-state index is 12.3. The Morgan fingerprint density at radius 3 is 2.69 bits per heavy atom. The monoisotopic (exact) mass is 218 g/mol. The van der Waals surface area contributed by atoms with Gasteiger partial charge in [0.05, 0.1) is 0 Å². The van der Waals surface area contributed by atoms with Gasteiger partial charge >= 0.3 is 0 Å². The molecule has 3 aliphatic rings. The van der Waals surface area contributed by atoms with E-state index >= 15 is 0 Å². The second-order valence-corrected chi connectivity index (χ2v) is 6.58. The summed E-state index contributed by atoms with van der Waals surface area (Å²) in [6, 6.07) is 0. The van der Waals surface area contributed by atoms with E-state index in [1.165, 1.54) is 18.4 Å². The van der Waals surface area contributed by atoms with Gasteiger partial charge in [-0.3, -0.25) is 4.79 Å². The lowest BCUT2D eigenvalue weighted by atomic mass is 9.70. The summed E-state index contributed by atoms with van der Waals surface area (Å²) in [5.74, 6) is 3.89. The van der Waals surface area contributed by atoms with Gasteiger partial charge in [-0.05, 0) is 55.4 Å². The zero-order valence-electron chi connectivity index (χ0n) is 10.8. The molecule has 3 aliphatic carbocycles. The largest absolute Gasteiger partial charge is 0.294 e. The van der Waals surface area contributed by atoms with Gasteiger partial charge in [0, 0.05) is 5.41 Å². The van der Waals surface area contributed by atoms with Crippen molar-refractivity contribution in [1.29, 1.82) is 0 Å². The van der Waals surface area contributed by atoms with Crippen molar-refractivity contribution >= 4 is 5.78 Å². The molecule has 0 aromatic rings. The minimum atomic E-state index is 0.0667. The van der Waals surface area contributed by atoms with Gasteiger partial charge in [0.25, 0.3) is 0 Å². The molecule has 0 aliphatic heterocycles. The van der Waals surface area contributed by atoms with E-state index in [4.69, 9.17) is 0 Å². The number of carbonyl (C=O) groups is 1. The Morgan fingerprint density at radius 1 is 1.38 bits per heavy atom. The lowest BCUT2D eigenvalue weighted by Crippen LogP contribution is -2.32. The topological polar surface area (TPSA) is 17.1 Å². The molecule has 16 heavy (non-hydrogen) atoms. The summed E-state index contributed by atoms with van der Waals surface area (Å²) in [4.78, 5) is 12.3. The molecule has 0 bridgehead atoms. The average Bonchev–Trinajstić information content (AvgIpc) is 2.82. The number of rotatable bonds is 1. The van der Waals surface area contributed by atoms with Crippen LogP contribution in [0.1, 0.15) is 40.5 Å². The van der Waals surface area contributed by atoms with Crippen LogP contribution in [0.4, 0.5) is 0 Å². The van der Waals surface area contributed by atoms with Crippen molar-refractivity contribution in [3.8, 4) is 0 Å². The van der Waals surface area contributed by atoms with E-state index in [1.54, 1.807) is 0 Å². The van der Waals surface area contributed by atoms with E-state index in [1.807, 2.05) is 6.08 Å². The third-order valence-electron chi connectivity index (χ3n) is 5.66.